The average Bonchev–Trinajstić information content (AvgIpc) is 2.16. The summed E-state index contributed by atoms with van der Waals surface area (Å²) in [6.45, 7) is 8.39. The minimum atomic E-state index is 0.0751. The summed E-state index contributed by atoms with van der Waals surface area (Å²) >= 11 is 0. The van der Waals surface area contributed by atoms with Crippen molar-refractivity contribution < 1.29 is 9.47 Å². The molecule has 0 bridgehead atoms. The van der Waals surface area contributed by atoms with Gasteiger partial charge in [0.1, 0.15) is 0 Å². The van der Waals surface area contributed by atoms with E-state index < -0.39 is 0 Å². The highest BCUT2D eigenvalue weighted by Crippen LogP contribution is 2.27. The van der Waals surface area contributed by atoms with Crippen LogP contribution in [0.2, 0.25) is 0 Å². The number of rotatable bonds is 5. The van der Waals surface area contributed by atoms with Gasteiger partial charge in [0, 0.05) is 19.1 Å². The third-order valence-corrected chi connectivity index (χ3v) is 2.65. The van der Waals surface area contributed by atoms with Crippen molar-refractivity contribution in [3.05, 3.63) is 0 Å². The molecule has 0 aromatic rings. The van der Waals surface area contributed by atoms with Gasteiger partial charge in [0.25, 0.3) is 0 Å². The van der Waals surface area contributed by atoms with Crippen LogP contribution in [-0.4, -0.2) is 19.5 Å². The first-order valence-corrected chi connectivity index (χ1v) is 5.97. The molecule has 2 atom stereocenters. The van der Waals surface area contributed by atoms with Gasteiger partial charge >= 0.3 is 0 Å². The van der Waals surface area contributed by atoms with Gasteiger partial charge in [0.2, 0.25) is 0 Å². The van der Waals surface area contributed by atoms with Crippen LogP contribution in [-0.2, 0) is 9.47 Å². The lowest BCUT2D eigenvalue weighted by Crippen LogP contribution is -2.33. The topological polar surface area (TPSA) is 18.5 Å². The molecule has 14 heavy (non-hydrogen) atoms. The number of hydrogen-bond donors (Lipinski definition) is 0. The summed E-state index contributed by atoms with van der Waals surface area (Å²) < 4.78 is 11.4. The van der Waals surface area contributed by atoms with Gasteiger partial charge in [0.15, 0.2) is 6.29 Å². The molecule has 0 saturated carbocycles. The van der Waals surface area contributed by atoms with Crippen LogP contribution >= 0.6 is 0 Å². The molecule has 1 rings (SSSR count). The molecule has 1 heterocycles. The zero-order valence-corrected chi connectivity index (χ0v) is 9.79. The van der Waals surface area contributed by atoms with Crippen LogP contribution in [0.3, 0.4) is 0 Å². The zero-order chi connectivity index (χ0) is 10.4. The van der Waals surface area contributed by atoms with E-state index in [1.807, 2.05) is 0 Å². The van der Waals surface area contributed by atoms with Crippen molar-refractivity contribution in [1.29, 1.82) is 0 Å². The van der Waals surface area contributed by atoms with Gasteiger partial charge in [-0.2, -0.15) is 0 Å². The van der Waals surface area contributed by atoms with Gasteiger partial charge in [-0.25, -0.2) is 0 Å². The second-order valence-corrected chi connectivity index (χ2v) is 4.64. The summed E-state index contributed by atoms with van der Waals surface area (Å²) in [5.74, 6) is 1.37. The molecule has 1 saturated heterocycles. The molecule has 2 heteroatoms. The van der Waals surface area contributed by atoms with Gasteiger partial charge in [-0.15, -0.1) is 0 Å². The first-order valence-electron chi connectivity index (χ1n) is 5.97. The molecule has 0 aromatic carbocycles. The third-order valence-electron chi connectivity index (χ3n) is 2.65. The van der Waals surface area contributed by atoms with E-state index in [-0.39, 0.29) is 6.29 Å². The largest absolute Gasteiger partial charge is 0.352 e. The normalized spacial score (nSPS) is 28.3. The van der Waals surface area contributed by atoms with E-state index in [9.17, 15) is 0 Å². The molecule has 2 nitrogen and oxygen atoms in total. The van der Waals surface area contributed by atoms with E-state index in [2.05, 4.69) is 20.8 Å². The van der Waals surface area contributed by atoms with Crippen LogP contribution in [0.15, 0.2) is 0 Å². The van der Waals surface area contributed by atoms with Gasteiger partial charge in [-0.3, -0.25) is 0 Å². The molecule has 2 unspecified atom stereocenters. The van der Waals surface area contributed by atoms with Crippen molar-refractivity contribution in [2.45, 2.75) is 52.7 Å². The Morgan fingerprint density at radius 1 is 1.43 bits per heavy atom. The second kappa shape index (κ2) is 6.41. The van der Waals surface area contributed by atoms with Gasteiger partial charge in [0.05, 0.1) is 0 Å². The van der Waals surface area contributed by atoms with Crippen molar-refractivity contribution >= 4 is 0 Å². The average molecular weight is 200 g/mol. The summed E-state index contributed by atoms with van der Waals surface area (Å²) in [6, 6.07) is 0. The quantitative estimate of drug-likeness (QED) is 0.678. The maximum absolute atomic E-state index is 5.72. The van der Waals surface area contributed by atoms with Crippen molar-refractivity contribution in [2.24, 2.45) is 11.8 Å². The molecule has 84 valence electrons. The minimum Gasteiger partial charge on any atom is -0.352 e. The maximum atomic E-state index is 5.72. The van der Waals surface area contributed by atoms with Crippen molar-refractivity contribution in [3.8, 4) is 0 Å². The Balaban J connectivity index is 2.33. The third kappa shape index (κ3) is 3.97. The minimum absolute atomic E-state index is 0.0751. The lowest BCUT2D eigenvalue weighted by molar-refractivity contribution is -0.195. The number of hydrogen-bond acceptors (Lipinski definition) is 2. The van der Waals surface area contributed by atoms with Crippen LogP contribution in [0.25, 0.3) is 0 Å². The SMILES string of the molecule is CCCOC1OCCCC1CC(C)C. The molecular weight excluding hydrogens is 176 g/mol. The summed E-state index contributed by atoms with van der Waals surface area (Å²) in [5.41, 5.74) is 0. The van der Waals surface area contributed by atoms with Gasteiger partial charge in [-0.1, -0.05) is 20.8 Å². The van der Waals surface area contributed by atoms with Gasteiger partial charge < -0.3 is 9.47 Å². The fourth-order valence-electron chi connectivity index (χ4n) is 2.07. The van der Waals surface area contributed by atoms with Crippen molar-refractivity contribution in [3.63, 3.8) is 0 Å². The van der Waals surface area contributed by atoms with Crippen LogP contribution < -0.4 is 0 Å². The Labute approximate surface area is 88.0 Å². The van der Waals surface area contributed by atoms with E-state index in [0.717, 1.165) is 25.6 Å². The van der Waals surface area contributed by atoms with Crippen LogP contribution in [0, 0.1) is 11.8 Å². The van der Waals surface area contributed by atoms with Crippen LogP contribution in [0.4, 0.5) is 0 Å². The molecule has 0 amide bonds. The standard InChI is InChI=1S/C12H24O2/c1-4-7-13-12-11(9-10(2)3)6-5-8-14-12/h10-12H,4-9H2,1-3H3. The summed E-state index contributed by atoms with van der Waals surface area (Å²) in [5, 5.41) is 0. The van der Waals surface area contributed by atoms with E-state index in [1.165, 1.54) is 19.3 Å². The predicted octanol–water partition coefficient (Wildman–Crippen LogP) is 3.21. The Morgan fingerprint density at radius 3 is 2.86 bits per heavy atom. The van der Waals surface area contributed by atoms with Crippen LogP contribution in [0.5, 0.6) is 0 Å². The highest BCUT2D eigenvalue weighted by molar-refractivity contribution is 4.69. The Kier molecular flexibility index (Phi) is 5.49. The molecule has 1 aliphatic heterocycles. The summed E-state index contributed by atoms with van der Waals surface area (Å²) in [7, 11) is 0. The highest BCUT2D eigenvalue weighted by atomic mass is 16.7. The molecule has 0 spiro atoms. The fourth-order valence-corrected chi connectivity index (χ4v) is 2.07. The lowest BCUT2D eigenvalue weighted by Gasteiger charge is -2.32. The monoisotopic (exact) mass is 200 g/mol. The second-order valence-electron chi connectivity index (χ2n) is 4.64. The molecule has 1 aliphatic rings. The predicted molar refractivity (Wildman–Crippen MR) is 58.2 cm³/mol. The Bertz CT molecular complexity index is 145. The van der Waals surface area contributed by atoms with E-state index in [4.69, 9.17) is 9.47 Å². The first-order chi connectivity index (χ1) is 6.74. The maximum Gasteiger partial charge on any atom is 0.160 e. The summed E-state index contributed by atoms with van der Waals surface area (Å²) in [6.07, 6.45) is 4.85. The lowest BCUT2D eigenvalue weighted by atomic mass is 9.91. The Hall–Kier alpha value is -0.0800. The van der Waals surface area contributed by atoms with E-state index >= 15 is 0 Å². The van der Waals surface area contributed by atoms with Crippen molar-refractivity contribution in [2.75, 3.05) is 13.2 Å². The molecule has 0 N–H and O–H groups in total. The smallest absolute Gasteiger partial charge is 0.160 e. The summed E-state index contributed by atoms with van der Waals surface area (Å²) in [4.78, 5) is 0. The fraction of sp³-hybridized carbons (Fsp3) is 1.00. The first kappa shape index (κ1) is 12.0. The molecule has 0 aromatic heterocycles. The van der Waals surface area contributed by atoms with E-state index in [0.29, 0.717) is 5.92 Å². The zero-order valence-electron chi connectivity index (χ0n) is 9.79. The van der Waals surface area contributed by atoms with Crippen LogP contribution in [0.1, 0.15) is 46.5 Å². The molecule has 0 radical (unpaired) electrons. The van der Waals surface area contributed by atoms with E-state index in [1.54, 1.807) is 0 Å². The molecule has 1 fully saturated rings. The highest BCUT2D eigenvalue weighted by Gasteiger charge is 2.26. The Morgan fingerprint density at radius 2 is 2.21 bits per heavy atom. The van der Waals surface area contributed by atoms with Gasteiger partial charge in [-0.05, 0) is 31.6 Å². The molecular formula is C12H24O2. The van der Waals surface area contributed by atoms with Crippen molar-refractivity contribution in [1.82, 2.24) is 0 Å². The number of ether oxygens (including phenoxy) is 2. The molecule has 0 aliphatic carbocycles.